The maximum Gasteiger partial charge on any atom is 0.269 e. The Kier molecular flexibility index (Phi) is 6.21. The standard InChI is InChI=1S/C20H21N3O5/c24-19(14-28-18-8-6-17(7-9-18)23(26)27)22-12-10-15(11-13-22)20(25)21-16-4-2-1-3-5-16/h1-9,15H,10-14H2,(H,21,25). The number of anilines is 1. The number of piperidine rings is 1. The zero-order valence-electron chi connectivity index (χ0n) is 15.2. The monoisotopic (exact) mass is 383 g/mol. The van der Waals surface area contributed by atoms with Crippen molar-refractivity contribution >= 4 is 23.2 Å². The van der Waals surface area contributed by atoms with Crippen molar-refractivity contribution in [2.75, 3.05) is 25.0 Å². The summed E-state index contributed by atoms with van der Waals surface area (Å²) in [6.07, 6.45) is 1.20. The number of nitro benzene ring substituents is 1. The van der Waals surface area contributed by atoms with Crippen LogP contribution in [0.3, 0.4) is 0 Å². The van der Waals surface area contributed by atoms with Crippen molar-refractivity contribution in [3.8, 4) is 5.75 Å². The van der Waals surface area contributed by atoms with Gasteiger partial charge in [0.1, 0.15) is 5.75 Å². The maximum absolute atomic E-state index is 12.3. The molecule has 2 amide bonds. The van der Waals surface area contributed by atoms with Crippen LogP contribution in [0.15, 0.2) is 54.6 Å². The van der Waals surface area contributed by atoms with Crippen LogP contribution < -0.4 is 10.1 Å². The summed E-state index contributed by atoms with van der Waals surface area (Å²) in [5.41, 5.74) is 0.733. The number of likely N-dealkylation sites (tertiary alicyclic amines) is 1. The van der Waals surface area contributed by atoms with E-state index in [2.05, 4.69) is 5.32 Å². The molecule has 0 atom stereocenters. The largest absolute Gasteiger partial charge is 0.484 e. The molecule has 1 fully saturated rings. The molecule has 1 saturated heterocycles. The third-order valence-electron chi connectivity index (χ3n) is 4.67. The molecule has 1 aliphatic rings. The Hall–Kier alpha value is -3.42. The summed E-state index contributed by atoms with van der Waals surface area (Å²) in [5, 5.41) is 13.5. The molecule has 0 spiro atoms. The average Bonchev–Trinajstić information content (AvgIpc) is 2.73. The van der Waals surface area contributed by atoms with Crippen molar-refractivity contribution in [2.45, 2.75) is 12.8 Å². The zero-order chi connectivity index (χ0) is 19.9. The van der Waals surface area contributed by atoms with Crippen LogP contribution in [0.4, 0.5) is 11.4 Å². The normalized spacial score (nSPS) is 14.4. The van der Waals surface area contributed by atoms with Crippen LogP contribution in [0.2, 0.25) is 0 Å². The Balaban J connectivity index is 1.43. The molecule has 1 N–H and O–H groups in total. The minimum atomic E-state index is -0.493. The van der Waals surface area contributed by atoms with Crippen LogP contribution in [0.5, 0.6) is 5.75 Å². The van der Waals surface area contributed by atoms with E-state index in [1.165, 1.54) is 24.3 Å². The van der Waals surface area contributed by atoms with E-state index in [4.69, 9.17) is 4.74 Å². The van der Waals surface area contributed by atoms with E-state index >= 15 is 0 Å². The van der Waals surface area contributed by atoms with E-state index in [1.54, 1.807) is 4.90 Å². The van der Waals surface area contributed by atoms with E-state index in [9.17, 15) is 19.7 Å². The number of nitro groups is 1. The second kappa shape index (κ2) is 8.98. The third kappa shape index (κ3) is 5.06. The fourth-order valence-corrected chi connectivity index (χ4v) is 3.06. The van der Waals surface area contributed by atoms with Gasteiger partial charge in [0.05, 0.1) is 4.92 Å². The van der Waals surface area contributed by atoms with E-state index in [1.807, 2.05) is 30.3 Å². The fourth-order valence-electron chi connectivity index (χ4n) is 3.06. The van der Waals surface area contributed by atoms with Crippen molar-refractivity contribution in [3.05, 3.63) is 64.7 Å². The Morgan fingerprint density at radius 2 is 1.71 bits per heavy atom. The second-order valence-electron chi connectivity index (χ2n) is 6.55. The van der Waals surface area contributed by atoms with Gasteiger partial charge in [-0.3, -0.25) is 19.7 Å². The SMILES string of the molecule is O=C(Nc1ccccc1)C1CCN(C(=O)COc2ccc([N+](=O)[O-])cc2)CC1. The van der Waals surface area contributed by atoms with Gasteiger partial charge in [0.25, 0.3) is 11.6 Å². The van der Waals surface area contributed by atoms with E-state index in [0.29, 0.717) is 31.7 Å². The number of nitrogens with one attached hydrogen (secondary N) is 1. The highest BCUT2D eigenvalue weighted by atomic mass is 16.6. The molecule has 1 aliphatic heterocycles. The Morgan fingerprint density at radius 1 is 1.07 bits per heavy atom. The maximum atomic E-state index is 12.3. The molecular weight excluding hydrogens is 362 g/mol. The molecule has 1 heterocycles. The first kappa shape index (κ1) is 19.3. The van der Waals surface area contributed by atoms with Gasteiger partial charge in [0, 0.05) is 36.8 Å². The van der Waals surface area contributed by atoms with Crippen LogP contribution in [0.1, 0.15) is 12.8 Å². The molecule has 146 valence electrons. The summed E-state index contributed by atoms with van der Waals surface area (Å²) in [6, 6.07) is 14.9. The summed E-state index contributed by atoms with van der Waals surface area (Å²) >= 11 is 0. The van der Waals surface area contributed by atoms with Gasteiger partial charge in [0.2, 0.25) is 5.91 Å². The summed E-state index contributed by atoms with van der Waals surface area (Å²) in [5.74, 6) is 0.0802. The second-order valence-corrected chi connectivity index (χ2v) is 6.55. The lowest BCUT2D eigenvalue weighted by Gasteiger charge is -2.31. The number of rotatable bonds is 6. The lowest BCUT2D eigenvalue weighted by molar-refractivity contribution is -0.384. The number of para-hydroxylation sites is 1. The van der Waals surface area contributed by atoms with Crippen LogP contribution in [-0.4, -0.2) is 41.3 Å². The van der Waals surface area contributed by atoms with Crippen molar-refractivity contribution in [3.63, 3.8) is 0 Å². The minimum Gasteiger partial charge on any atom is -0.484 e. The summed E-state index contributed by atoms with van der Waals surface area (Å²) < 4.78 is 5.42. The number of amides is 2. The molecule has 8 heteroatoms. The number of hydrogen-bond acceptors (Lipinski definition) is 5. The van der Waals surface area contributed by atoms with Crippen LogP contribution in [0, 0.1) is 16.0 Å². The third-order valence-corrected chi connectivity index (χ3v) is 4.67. The lowest BCUT2D eigenvalue weighted by atomic mass is 9.95. The minimum absolute atomic E-state index is 0.0274. The molecule has 0 saturated carbocycles. The molecule has 2 aromatic rings. The predicted octanol–water partition coefficient (Wildman–Crippen LogP) is 2.85. The number of carbonyl (C=O) groups is 2. The molecule has 2 aromatic carbocycles. The smallest absolute Gasteiger partial charge is 0.269 e. The lowest BCUT2D eigenvalue weighted by Crippen LogP contribution is -2.43. The first-order valence-corrected chi connectivity index (χ1v) is 9.04. The summed E-state index contributed by atoms with van der Waals surface area (Å²) in [6.45, 7) is 0.851. The first-order valence-electron chi connectivity index (χ1n) is 9.04. The zero-order valence-corrected chi connectivity index (χ0v) is 15.2. The van der Waals surface area contributed by atoms with Gasteiger partial charge in [-0.15, -0.1) is 0 Å². The molecule has 0 radical (unpaired) electrons. The molecule has 0 aliphatic carbocycles. The summed E-state index contributed by atoms with van der Waals surface area (Å²) in [7, 11) is 0. The van der Waals surface area contributed by atoms with E-state index in [-0.39, 0.29) is 30.0 Å². The van der Waals surface area contributed by atoms with Gasteiger partial charge >= 0.3 is 0 Å². The number of non-ortho nitro benzene ring substituents is 1. The van der Waals surface area contributed by atoms with E-state index < -0.39 is 4.92 Å². The van der Waals surface area contributed by atoms with Crippen LogP contribution in [-0.2, 0) is 9.59 Å². The topological polar surface area (TPSA) is 102 Å². The fraction of sp³-hybridized carbons (Fsp3) is 0.300. The number of ether oxygens (including phenoxy) is 1. The average molecular weight is 383 g/mol. The Bertz CT molecular complexity index is 831. The highest BCUT2D eigenvalue weighted by Crippen LogP contribution is 2.21. The molecule has 0 unspecified atom stereocenters. The molecule has 28 heavy (non-hydrogen) atoms. The number of benzene rings is 2. The predicted molar refractivity (Wildman–Crippen MR) is 103 cm³/mol. The van der Waals surface area contributed by atoms with Crippen molar-refractivity contribution in [1.29, 1.82) is 0 Å². The van der Waals surface area contributed by atoms with Crippen LogP contribution in [0.25, 0.3) is 0 Å². The van der Waals surface area contributed by atoms with Gasteiger partial charge < -0.3 is 15.0 Å². The molecule has 8 nitrogen and oxygen atoms in total. The quantitative estimate of drug-likeness (QED) is 0.610. The highest BCUT2D eigenvalue weighted by Gasteiger charge is 2.27. The number of carbonyl (C=O) groups excluding carboxylic acids is 2. The highest BCUT2D eigenvalue weighted by molar-refractivity contribution is 5.92. The summed E-state index contributed by atoms with van der Waals surface area (Å²) in [4.78, 5) is 36.5. The first-order chi connectivity index (χ1) is 13.5. The van der Waals surface area contributed by atoms with Crippen molar-refractivity contribution < 1.29 is 19.2 Å². The van der Waals surface area contributed by atoms with Gasteiger partial charge in [-0.05, 0) is 37.1 Å². The van der Waals surface area contributed by atoms with Gasteiger partial charge in [-0.1, -0.05) is 18.2 Å². The van der Waals surface area contributed by atoms with Gasteiger partial charge in [-0.25, -0.2) is 0 Å². The van der Waals surface area contributed by atoms with Crippen LogP contribution >= 0.6 is 0 Å². The van der Waals surface area contributed by atoms with Gasteiger partial charge in [0.15, 0.2) is 6.61 Å². The molecule has 0 bridgehead atoms. The van der Waals surface area contributed by atoms with E-state index in [0.717, 1.165) is 5.69 Å². The number of nitrogens with zero attached hydrogens (tertiary/aromatic N) is 2. The number of hydrogen-bond donors (Lipinski definition) is 1. The van der Waals surface area contributed by atoms with Crippen molar-refractivity contribution in [2.24, 2.45) is 5.92 Å². The van der Waals surface area contributed by atoms with Crippen molar-refractivity contribution in [1.82, 2.24) is 4.90 Å². The Morgan fingerprint density at radius 3 is 2.32 bits per heavy atom. The molecule has 3 rings (SSSR count). The molecule has 0 aromatic heterocycles. The van der Waals surface area contributed by atoms with Gasteiger partial charge in [-0.2, -0.15) is 0 Å². The molecular formula is C20H21N3O5. The Labute approximate surface area is 162 Å².